The predicted octanol–water partition coefficient (Wildman–Crippen LogP) is 5.06. The number of carbonyl (C=O) groups is 1. The molecule has 3 aromatic rings. The lowest BCUT2D eigenvalue weighted by molar-refractivity contribution is -0.127. The van der Waals surface area contributed by atoms with Crippen molar-refractivity contribution in [2.45, 2.75) is 58.0 Å². The molecule has 202 valence electrons. The molecule has 0 spiro atoms. The Morgan fingerprint density at radius 1 is 1.00 bits per heavy atom. The Labute approximate surface area is 225 Å². The summed E-state index contributed by atoms with van der Waals surface area (Å²) in [7, 11) is -3.94. The Kier molecular flexibility index (Phi) is 7.74. The van der Waals surface area contributed by atoms with E-state index in [1.54, 1.807) is 30.3 Å². The molecular formula is C30H36N2O5S. The van der Waals surface area contributed by atoms with Crippen LogP contribution in [0.3, 0.4) is 0 Å². The van der Waals surface area contributed by atoms with Gasteiger partial charge in [0.05, 0.1) is 23.7 Å². The van der Waals surface area contributed by atoms with Crippen molar-refractivity contribution in [1.29, 1.82) is 0 Å². The molecule has 0 aromatic heterocycles. The quantitative estimate of drug-likeness (QED) is 0.427. The SMILES string of the molecule is Cc1ccc(S(=O)(=O)N2CC(C(=O)NCCOc3cc(C)ccc3C)Oc3ccc(C(C)(C)C)cc32)cc1. The third-order valence-corrected chi connectivity index (χ3v) is 8.39. The first-order valence-corrected chi connectivity index (χ1v) is 14.2. The van der Waals surface area contributed by atoms with Gasteiger partial charge in [-0.3, -0.25) is 9.10 Å². The zero-order valence-corrected chi connectivity index (χ0v) is 23.7. The van der Waals surface area contributed by atoms with Crippen LogP contribution < -0.4 is 19.1 Å². The number of anilines is 1. The molecule has 4 rings (SSSR count). The highest BCUT2D eigenvalue weighted by molar-refractivity contribution is 7.92. The minimum Gasteiger partial charge on any atom is -0.491 e. The number of amides is 1. The topological polar surface area (TPSA) is 84.9 Å². The van der Waals surface area contributed by atoms with E-state index < -0.39 is 22.0 Å². The van der Waals surface area contributed by atoms with Gasteiger partial charge in [-0.15, -0.1) is 0 Å². The lowest BCUT2D eigenvalue weighted by Crippen LogP contribution is -2.51. The van der Waals surface area contributed by atoms with Gasteiger partial charge in [-0.25, -0.2) is 8.42 Å². The number of hydrogen-bond donors (Lipinski definition) is 1. The lowest BCUT2D eigenvalue weighted by Gasteiger charge is -2.36. The number of nitrogens with one attached hydrogen (secondary N) is 1. The Hall–Kier alpha value is -3.52. The number of aryl methyl sites for hydroxylation is 3. The van der Waals surface area contributed by atoms with E-state index in [-0.39, 0.29) is 30.0 Å². The van der Waals surface area contributed by atoms with Gasteiger partial charge in [-0.1, -0.05) is 56.7 Å². The highest BCUT2D eigenvalue weighted by Gasteiger charge is 2.38. The number of hydrogen-bond acceptors (Lipinski definition) is 5. The van der Waals surface area contributed by atoms with Crippen molar-refractivity contribution < 1.29 is 22.7 Å². The van der Waals surface area contributed by atoms with Crippen LogP contribution in [-0.4, -0.2) is 40.1 Å². The standard InChI is InChI=1S/C30H36N2O5S/c1-20-8-12-24(13-9-20)38(34,35)32-19-28(37-26-14-11-23(18-25(26)32)30(4,5)6)29(33)31-15-16-36-27-17-21(2)7-10-22(27)3/h7-14,17-18,28H,15-16,19H2,1-6H3,(H,31,33). The molecule has 0 aliphatic carbocycles. The van der Waals surface area contributed by atoms with Crippen LogP contribution in [0.15, 0.2) is 65.6 Å². The van der Waals surface area contributed by atoms with Crippen LogP contribution in [0, 0.1) is 20.8 Å². The number of nitrogens with zero attached hydrogens (tertiary/aromatic N) is 1. The molecule has 1 amide bonds. The van der Waals surface area contributed by atoms with Crippen LogP contribution in [0.2, 0.25) is 0 Å². The smallest absolute Gasteiger partial charge is 0.264 e. The van der Waals surface area contributed by atoms with Crippen LogP contribution in [0.1, 0.15) is 43.0 Å². The fraction of sp³-hybridized carbons (Fsp3) is 0.367. The summed E-state index contributed by atoms with van der Waals surface area (Å²) < 4.78 is 40.7. The number of carbonyl (C=O) groups excluding carboxylic acids is 1. The second-order valence-corrected chi connectivity index (χ2v) is 12.7. The Balaban J connectivity index is 1.55. The maximum atomic E-state index is 13.8. The maximum absolute atomic E-state index is 13.8. The van der Waals surface area contributed by atoms with Crippen molar-refractivity contribution in [2.75, 3.05) is 24.0 Å². The predicted molar refractivity (Wildman–Crippen MR) is 150 cm³/mol. The average Bonchev–Trinajstić information content (AvgIpc) is 2.87. The highest BCUT2D eigenvalue weighted by Crippen LogP contribution is 2.40. The number of rotatable bonds is 7. The van der Waals surface area contributed by atoms with E-state index in [1.165, 1.54) is 4.31 Å². The van der Waals surface area contributed by atoms with E-state index in [2.05, 4.69) is 26.1 Å². The molecule has 0 fully saturated rings. The molecule has 7 nitrogen and oxygen atoms in total. The summed E-state index contributed by atoms with van der Waals surface area (Å²) in [6.45, 7) is 12.4. The summed E-state index contributed by atoms with van der Waals surface area (Å²) in [5.41, 5.74) is 4.27. The van der Waals surface area contributed by atoms with Gasteiger partial charge in [0, 0.05) is 0 Å². The van der Waals surface area contributed by atoms with Crippen molar-refractivity contribution in [2.24, 2.45) is 0 Å². The molecule has 8 heteroatoms. The molecule has 38 heavy (non-hydrogen) atoms. The minimum atomic E-state index is -3.94. The van der Waals surface area contributed by atoms with E-state index in [0.717, 1.165) is 28.0 Å². The summed E-state index contributed by atoms with van der Waals surface area (Å²) in [4.78, 5) is 13.3. The van der Waals surface area contributed by atoms with Crippen molar-refractivity contribution >= 4 is 21.6 Å². The molecule has 3 aromatic carbocycles. The number of fused-ring (bicyclic) bond motifs is 1. The van der Waals surface area contributed by atoms with Gasteiger partial charge in [0.2, 0.25) is 0 Å². The van der Waals surface area contributed by atoms with Crippen molar-refractivity contribution in [3.8, 4) is 11.5 Å². The zero-order valence-electron chi connectivity index (χ0n) is 22.9. The van der Waals surface area contributed by atoms with Gasteiger partial charge < -0.3 is 14.8 Å². The Bertz CT molecular complexity index is 1430. The maximum Gasteiger partial charge on any atom is 0.264 e. The van der Waals surface area contributed by atoms with Gasteiger partial charge in [-0.2, -0.15) is 0 Å². The highest BCUT2D eigenvalue weighted by atomic mass is 32.2. The first kappa shape index (κ1) is 27.5. The van der Waals surface area contributed by atoms with Gasteiger partial charge in [0.1, 0.15) is 18.1 Å². The third kappa shape index (κ3) is 5.96. The van der Waals surface area contributed by atoms with Crippen LogP contribution in [0.5, 0.6) is 11.5 Å². The second kappa shape index (κ2) is 10.7. The molecule has 0 saturated carbocycles. The largest absolute Gasteiger partial charge is 0.491 e. The fourth-order valence-corrected chi connectivity index (χ4v) is 5.70. The average molecular weight is 537 g/mol. The second-order valence-electron chi connectivity index (χ2n) is 10.8. The summed E-state index contributed by atoms with van der Waals surface area (Å²) >= 11 is 0. The monoisotopic (exact) mass is 536 g/mol. The van der Waals surface area contributed by atoms with Crippen molar-refractivity contribution in [3.05, 3.63) is 82.9 Å². The fourth-order valence-electron chi connectivity index (χ4n) is 4.23. The van der Waals surface area contributed by atoms with Crippen LogP contribution in [-0.2, 0) is 20.2 Å². The summed E-state index contributed by atoms with van der Waals surface area (Å²) in [5, 5.41) is 2.83. The Morgan fingerprint density at radius 2 is 1.68 bits per heavy atom. The molecule has 1 heterocycles. The van der Waals surface area contributed by atoms with Crippen LogP contribution >= 0.6 is 0 Å². The van der Waals surface area contributed by atoms with E-state index in [1.807, 2.05) is 51.1 Å². The van der Waals surface area contributed by atoms with E-state index in [0.29, 0.717) is 11.4 Å². The van der Waals surface area contributed by atoms with Crippen molar-refractivity contribution in [3.63, 3.8) is 0 Å². The molecule has 0 radical (unpaired) electrons. The molecule has 1 N–H and O–H groups in total. The number of sulfonamides is 1. The van der Waals surface area contributed by atoms with Crippen LogP contribution in [0.4, 0.5) is 5.69 Å². The summed E-state index contributed by atoms with van der Waals surface area (Å²) in [6.07, 6.45) is -1.01. The molecule has 0 saturated heterocycles. The molecular weight excluding hydrogens is 500 g/mol. The normalized spacial score (nSPS) is 15.4. The number of ether oxygens (including phenoxy) is 2. The first-order chi connectivity index (χ1) is 17.9. The van der Waals surface area contributed by atoms with Gasteiger partial charge in [0.15, 0.2) is 6.10 Å². The third-order valence-electron chi connectivity index (χ3n) is 6.60. The van der Waals surface area contributed by atoms with E-state index in [4.69, 9.17) is 9.47 Å². The molecule has 1 unspecified atom stereocenters. The molecule has 1 aliphatic heterocycles. The molecule has 1 atom stereocenters. The Morgan fingerprint density at radius 3 is 2.37 bits per heavy atom. The lowest BCUT2D eigenvalue weighted by atomic mass is 9.86. The zero-order chi connectivity index (χ0) is 27.7. The van der Waals surface area contributed by atoms with Gasteiger partial charge in [-0.05, 0) is 73.2 Å². The molecule has 0 bridgehead atoms. The summed E-state index contributed by atoms with van der Waals surface area (Å²) in [5.74, 6) is 0.725. The van der Waals surface area contributed by atoms with Crippen molar-refractivity contribution in [1.82, 2.24) is 5.32 Å². The minimum absolute atomic E-state index is 0.138. The van der Waals surface area contributed by atoms with E-state index >= 15 is 0 Å². The van der Waals surface area contributed by atoms with Crippen LogP contribution in [0.25, 0.3) is 0 Å². The van der Waals surface area contributed by atoms with Gasteiger partial charge >= 0.3 is 0 Å². The molecule has 1 aliphatic rings. The summed E-state index contributed by atoms with van der Waals surface area (Å²) in [6, 6.07) is 18.2. The first-order valence-electron chi connectivity index (χ1n) is 12.7. The van der Waals surface area contributed by atoms with E-state index in [9.17, 15) is 13.2 Å². The van der Waals surface area contributed by atoms with Gasteiger partial charge in [0.25, 0.3) is 15.9 Å². The number of benzene rings is 3.